The number of carbonyl (C=O) groups is 1. The van der Waals surface area contributed by atoms with Gasteiger partial charge in [-0.1, -0.05) is 0 Å². The number of amides is 1. The molecule has 0 spiro atoms. The first-order valence-electron chi connectivity index (χ1n) is 7.49. The number of hydrogen-bond acceptors (Lipinski definition) is 5. The van der Waals surface area contributed by atoms with Gasteiger partial charge in [0, 0.05) is 24.4 Å². The molecule has 9 heteroatoms. The van der Waals surface area contributed by atoms with Crippen LogP contribution in [0.1, 0.15) is 19.5 Å². The summed E-state index contributed by atoms with van der Waals surface area (Å²) >= 11 is 0. The smallest absolute Gasteiger partial charge is 0.265 e. The van der Waals surface area contributed by atoms with Crippen LogP contribution in [-0.2, 0) is 21.4 Å². The van der Waals surface area contributed by atoms with E-state index in [0.717, 1.165) is 5.69 Å². The summed E-state index contributed by atoms with van der Waals surface area (Å²) in [5, 5.41) is 6.85. The number of rotatable bonds is 4. The van der Waals surface area contributed by atoms with Gasteiger partial charge in [-0.25, -0.2) is 8.42 Å². The normalized spacial score (nSPS) is 17.0. The largest absolute Gasteiger partial charge is 0.479 e. The van der Waals surface area contributed by atoms with Gasteiger partial charge in [0.25, 0.3) is 15.9 Å². The maximum atomic E-state index is 12.5. The summed E-state index contributed by atoms with van der Waals surface area (Å²) in [6, 6.07) is 5.96. The monoisotopic (exact) mass is 350 g/mol. The zero-order valence-electron chi connectivity index (χ0n) is 13.5. The van der Waals surface area contributed by atoms with E-state index in [1.807, 2.05) is 13.8 Å². The van der Waals surface area contributed by atoms with Crippen LogP contribution in [0.15, 0.2) is 29.2 Å². The standard InChI is InChI=1S/C15H18N4O4S/c1-4-19-9(2)7-14(17-19)18-24(21,22)11-5-6-12-13(8-11)23-10(3)15(20)16-12/h5-8,10H,4H2,1-3H3,(H,16,20)(H,17,18)/t10-/m1/s1. The molecule has 2 N–H and O–H groups in total. The van der Waals surface area contributed by atoms with Gasteiger partial charge in [-0.2, -0.15) is 5.10 Å². The first-order valence-corrected chi connectivity index (χ1v) is 8.97. The van der Waals surface area contributed by atoms with Crippen LogP contribution in [0.25, 0.3) is 0 Å². The SMILES string of the molecule is CCn1nc(NS(=O)(=O)c2ccc3c(c2)O[C@H](C)C(=O)N3)cc1C. The molecule has 1 aromatic carbocycles. The zero-order valence-corrected chi connectivity index (χ0v) is 14.3. The van der Waals surface area contributed by atoms with Crippen molar-refractivity contribution in [1.82, 2.24) is 9.78 Å². The Kier molecular flexibility index (Phi) is 3.96. The minimum Gasteiger partial charge on any atom is -0.479 e. The third kappa shape index (κ3) is 2.94. The number of nitrogens with one attached hydrogen (secondary N) is 2. The Morgan fingerprint density at radius 3 is 2.79 bits per heavy atom. The van der Waals surface area contributed by atoms with Crippen molar-refractivity contribution in [2.75, 3.05) is 10.0 Å². The topological polar surface area (TPSA) is 102 Å². The molecule has 1 atom stereocenters. The van der Waals surface area contributed by atoms with Crippen LogP contribution in [0.4, 0.5) is 11.5 Å². The minimum atomic E-state index is -3.81. The Morgan fingerprint density at radius 1 is 1.38 bits per heavy atom. The summed E-state index contributed by atoms with van der Waals surface area (Å²) < 4.78 is 34.7. The molecule has 0 aliphatic carbocycles. The number of sulfonamides is 1. The molecule has 1 aliphatic rings. The fraction of sp³-hybridized carbons (Fsp3) is 0.333. The van der Waals surface area contributed by atoms with E-state index in [4.69, 9.17) is 4.74 Å². The van der Waals surface area contributed by atoms with Crippen molar-refractivity contribution in [3.05, 3.63) is 30.0 Å². The lowest BCUT2D eigenvalue weighted by molar-refractivity contribution is -0.122. The summed E-state index contributed by atoms with van der Waals surface area (Å²) in [5.74, 6) is 0.312. The summed E-state index contributed by atoms with van der Waals surface area (Å²) in [5.41, 5.74) is 1.31. The Morgan fingerprint density at radius 2 is 2.12 bits per heavy atom. The fourth-order valence-corrected chi connectivity index (χ4v) is 3.43. The molecule has 3 rings (SSSR count). The van der Waals surface area contributed by atoms with Crippen molar-refractivity contribution in [2.45, 2.75) is 38.3 Å². The second kappa shape index (κ2) is 5.82. The maximum Gasteiger partial charge on any atom is 0.265 e. The van der Waals surface area contributed by atoms with Crippen LogP contribution in [0.3, 0.4) is 0 Å². The molecule has 0 saturated heterocycles. The predicted molar refractivity (Wildman–Crippen MR) is 88.6 cm³/mol. The first-order chi connectivity index (χ1) is 11.3. The molecule has 0 fully saturated rings. The highest BCUT2D eigenvalue weighted by molar-refractivity contribution is 7.92. The second-order valence-electron chi connectivity index (χ2n) is 5.50. The van der Waals surface area contributed by atoms with Gasteiger partial charge in [0.2, 0.25) is 0 Å². The molecule has 24 heavy (non-hydrogen) atoms. The molecule has 1 aromatic heterocycles. The number of ether oxygens (including phenoxy) is 1. The summed E-state index contributed by atoms with van der Waals surface area (Å²) in [6.45, 7) is 6.02. The van der Waals surface area contributed by atoms with E-state index in [2.05, 4.69) is 15.1 Å². The van der Waals surface area contributed by atoms with Crippen molar-refractivity contribution in [3.63, 3.8) is 0 Å². The Bertz CT molecular complexity index is 904. The third-order valence-corrected chi connectivity index (χ3v) is 5.07. The number of anilines is 2. The summed E-state index contributed by atoms with van der Waals surface area (Å²) in [4.78, 5) is 11.6. The molecular formula is C15H18N4O4S. The fourth-order valence-electron chi connectivity index (χ4n) is 2.43. The second-order valence-corrected chi connectivity index (χ2v) is 7.18. The lowest BCUT2D eigenvalue weighted by Crippen LogP contribution is -2.34. The summed E-state index contributed by atoms with van der Waals surface area (Å²) in [7, 11) is -3.81. The molecule has 0 saturated carbocycles. The van der Waals surface area contributed by atoms with Crippen molar-refractivity contribution in [3.8, 4) is 5.75 Å². The Balaban J connectivity index is 1.90. The summed E-state index contributed by atoms with van der Waals surface area (Å²) in [6.07, 6.45) is -0.675. The van der Waals surface area contributed by atoms with Gasteiger partial charge in [0.1, 0.15) is 5.75 Å². The number of fused-ring (bicyclic) bond motifs is 1. The van der Waals surface area contributed by atoms with E-state index < -0.39 is 16.1 Å². The highest BCUT2D eigenvalue weighted by Crippen LogP contribution is 2.32. The Labute approximate surface area is 139 Å². The van der Waals surface area contributed by atoms with Crippen LogP contribution in [-0.4, -0.2) is 30.2 Å². The van der Waals surface area contributed by atoms with E-state index in [-0.39, 0.29) is 16.6 Å². The van der Waals surface area contributed by atoms with Crippen LogP contribution in [0.2, 0.25) is 0 Å². The zero-order chi connectivity index (χ0) is 17.5. The molecule has 1 aliphatic heterocycles. The molecule has 2 heterocycles. The van der Waals surface area contributed by atoms with Crippen LogP contribution in [0.5, 0.6) is 5.75 Å². The van der Waals surface area contributed by atoms with Gasteiger partial charge in [-0.15, -0.1) is 0 Å². The number of carbonyl (C=O) groups excluding carboxylic acids is 1. The molecular weight excluding hydrogens is 332 g/mol. The molecule has 128 valence electrons. The lowest BCUT2D eigenvalue weighted by Gasteiger charge is -2.23. The molecule has 1 amide bonds. The van der Waals surface area contributed by atoms with Gasteiger partial charge < -0.3 is 10.1 Å². The molecule has 0 bridgehead atoms. The van der Waals surface area contributed by atoms with Crippen molar-refractivity contribution in [1.29, 1.82) is 0 Å². The third-order valence-electron chi connectivity index (χ3n) is 3.71. The van der Waals surface area contributed by atoms with E-state index in [1.165, 1.54) is 18.2 Å². The highest BCUT2D eigenvalue weighted by Gasteiger charge is 2.26. The van der Waals surface area contributed by atoms with Crippen LogP contribution < -0.4 is 14.8 Å². The molecule has 2 aromatic rings. The van der Waals surface area contributed by atoms with E-state index >= 15 is 0 Å². The van der Waals surface area contributed by atoms with E-state index in [9.17, 15) is 13.2 Å². The first kappa shape index (κ1) is 16.3. The quantitative estimate of drug-likeness (QED) is 0.874. The minimum absolute atomic E-state index is 0.0355. The van der Waals surface area contributed by atoms with E-state index in [1.54, 1.807) is 17.7 Å². The van der Waals surface area contributed by atoms with Gasteiger partial charge in [-0.3, -0.25) is 14.2 Å². The number of nitrogens with zero attached hydrogens (tertiary/aromatic N) is 2. The van der Waals surface area contributed by atoms with Crippen molar-refractivity contribution < 1.29 is 17.9 Å². The Hall–Kier alpha value is -2.55. The molecule has 0 radical (unpaired) electrons. The van der Waals surface area contributed by atoms with E-state index in [0.29, 0.717) is 18.0 Å². The highest BCUT2D eigenvalue weighted by atomic mass is 32.2. The number of aromatic nitrogens is 2. The van der Waals surface area contributed by atoms with Gasteiger partial charge in [-0.05, 0) is 32.9 Å². The van der Waals surface area contributed by atoms with Gasteiger partial charge in [0.15, 0.2) is 11.9 Å². The van der Waals surface area contributed by atoms with Crippen LogP contribution in [0, 0.1) is 6.92 Å². The number of benzene rings is 1. The average molecular weight is 350 g/mol. The van der Waals surface area contributed by atoms with Crippen molar-refractivity contribution >= 4 is 27.4 Å². The lowest BCUT2D eigenvalue weighted by atomic mass is 10.2. The number of aryl methyl sites for hydroxylation is 2. The van der Waals surface area contributed by atoms with Crippen molar-refractivity contribution in [2.24, 2.45) is 0 Å². The predicted octanol–water partition coefficient (Wildman–Crippen LogP) is 1.73. The number of hydrogen-bond donors (Lipinski definition) is 2. The molecule has 8 nitrogen and oxygen atoms in total. The maximum absolute atomic E-state index is 12.5. The van der Waals surface area contributed by atoms with Gasteiger partial charge >= 0.3 is 0 Å². The van der Waals surface area contributed by atoms with Gasteiger partial charge in [0.05, 0.1) is 10.6 Å². The average Bonchev–Trinajstić information content (AvgIpc) is 2.86. The molecule has 0 unspecified atom stereocenters. The van der Waals surface area contributed by atoms with Crippen LogP contribution >= 0.6 is 0 Å².